The van der Waals surface area contributed by atoms with Gasteiger partial charge in [0.05, 0.1) is 5.03 Å². The number of nitrogens with zero attached hydrogens (tertiary/aromatic N) is 1. The number of pyridine rings is 1. The van der Waals surface area contributed by atoms with Gasteiger partial charge in [0.25, 0.3) is 0 Å². The molecule has 0 saturated carbocycles. The van der Waals surface area contributed by atoms with E-state index >= 15 is 0 Å². The summed E-state index contributed by atoms with van der Waals surface area (Å²) >= 11 is 3.44. The quantitative estimate of drug-likeness (QED) is 0.710. The fourth-order valence-electron chi connectivity index (χ4n) is 2.87. The van der Waals surface area contributed by atoms with Crippen molar-refractivity contribution in [3.63, 3.8) is 0 Å². The Morgan fingerprint density at radius 1 is 1.40 bits per heavy atom. The number of nitrogens with one attached hydrogen (secondary N) is 2. The van der Waals surface area contributed by atoms with Crippen molar-refractivity contribution in [1.82, 2.24) is 15.3 Å². The van der Waals surface area contributed by atoms with Crippen molar-refractivity contribution < 1.29 is 0 Å². The van der Waals surface area contributed by atoms with E-state index < -0.39 is 0 Å². The first-order chi connectivity index (χ1) is 9.86. The van der Waals surface area contributed by atoms with E-state index in [9.17, 15) is 0 Å². The maximum atomic E-state index is 4.75. The topological polar surface area (TPSA) is 40.7 Å². The molecule has 0 bridgehead atoms. The van der Waals surface area contributed by atoms with Crippen LogP contribution in [0.15, 0.2) is 27.9 Å². The van der Waals surface area contributed by atoms with Crippen LogP contribution in [0.5, 0.6) is 0 Å². The molecule has 0 unspecified atom stereocenters. The zero-order valence-corrected chi connectivity index (χ0v) is 12.8. The second kappa shape index (κ2) is 4.91. The van der Waals surface area contributed by atoms with Crippen molar-refractivity contribution in [2.75, 3.05) is 12.8 Å². The highest BCUT2D eigenvalue weighted by Crippen LogP contribution is 2.36. The van der Waals surface area contributed by atoms with Gasteiger partial charge in [-0.15, -0.1) is 11.8 Å². The van der Waals surface area contributed by atoms with Gasteiger partial charge in [0.15, 0.2) is 0 Å². The summed E-state index contributed by atoms with van der Waals surface area (Å²) in [5, 5.41) is 10.2. The molecule has 0 fully saturated rings. The monoisotopic (exact) mass is 301 g/mol. The number of fused-ring (bicyclic) bond motifs is 3. The summed E-state index contributed by atoms with van der Waals surface area (Å²) in [5.41, 5.74) is 6.38. The molecular weight excluding hydrogens is 286 g/mol. The summed E-state index contributed by atoms with van der Waals surface area (Å²) in [5.74, 6) is 0. The number of rotatable bonds is 2. The Balaban J connectivity index is 2.06. The van der Waals surface area contributed by atoms with Gasteiger partial charge in [-0.2, -0.15) is 11.3 Å². The minimum Gasteiger partial charge on any atom is -0.343 e. The number of H-pyrrole nitrogens is 1. The van der Waals surface area contributed by atoms with Crippen molar-refractivity contribution in [1.29, 1.82) is 0 Å². The van der Waals surface area contributed by atoms with Gasteiger partial charge in [-0.25, -0.2) is 4.98 Å². The van der Waals surface area contributed by atoms with E-state index in [0.717, 1.165) is 30.2 Å². The summed E-state index contributed by atoms with van der Waals surface area (Å²) < 4.78 is 0. The third-order valence-electron chi connectivity index (χ3n) is 3.83. The van der Waals surface area contributed by atoms with Crippen LogP contribution in [0.25, 0.3) is 22.2 Å². The predicted molar refractivity (Wildman–Crippen MR) is 86.6 cm³/mol. The first-order valence-electron chi connectivity index (χ1n) is 6.68. The lowest BCUT2D eigenvalue weighted by Gasteiger charge is -2.13. The number of hydrogen-bond donors (Lipinski definition) is 2. The third-order valence-corrected chi connectivity index (χ3v) is 5.14. The van der Waals surface area contributed by atoms with Crippen LogP contribution >= 0.6 is 23.1 Å². The molecule has 0 atom stereocenters. The molecule has 0 aliphatic carbocycles. The summed E-state index contributed by atoms with van der Waals surface area (Å²) in [6.45, 7) is 1.98. The highest BCUT2D eigenvalue weighted by Gasteiger charge is 2.20. The SMILES string of the molecule is CSc1cc(-c2ccsc2)c2c3c([nH]c2n1)CCNC3. The van der Waals surface area contributed by atoms with E-state index in [1.807, 2.05) is 0 Å². The smallest absolute Gasteiger partial charge is 0.139 e. The number of aromatic nitrogens is 2. The lowest BCUT2D eigenvalue weighted by molar-refractivity contribution is 0.641. The maximum Gasteiger partial charge on any atom is 0.139 e. The predicted octanol–water partition coefficient (Wildman–Crippen LogP) is 3.66. The average molecular weight is 301 g/mol. The number of thioether (sulfide) groups is 1. The highest BCUT2D eigenvalue weighted by atomic mass is 32.2. The van der Waals surface area contributed by atoms with Crippen molar-refractivity contribution in [2.24, 2.45) is 0 Å². The Labute approximate surface area is 125 Å². The molecule has 20 heavy (non-hydrogen) atoms. The zero-order valence-electron chi connectivity index (χ0n) is 11.2. The van der Waals surface area contributed by atoms with Crippen molar-refractivity contribution in [3.05, 3.63) is 34.2 Å². The molecule has 1 aliphatic rings. The Morgan fingerprint density at radius 2 is 2.35 bits per heavy atom. The number of hydrogen-bond acceptors (Lipinski definition) is 4. The molecule has 0 spiro atoms. The summed E-state index contributed by atoms with van der Waals surface area (Å²) in [4.78, 5) is 8.28. The summed E-state index contributed by atoms with van der Waals surface area (Å²) in [7, 11) is 0. The molecule has 4 heterocycles. The van der Waals surface area contributed by atoms with Crippen LogP contribution in [0.4, 0.5) is 0 Å². The zero-order chi connectivity index (χ0) is 13.5. The minimum absolute atomic E-state index is 0.937. The van der Waals surface area contributed by atoms with Gasteiger partial charge in [-0.3, -0.25) is 0 Å². The minimum atomic E-state index is 0.937. The summed E-state index contributed by atoms with van der Waals surface area (Å²) in [6.07, 6.45) is 3.14. The van der Waals surface area contributed by atoms with E-state index in [2.05, 4.69) is 39.4 Å². The van der Waals surface area contributed by atoms with Crippen LogP contribution in [-0.4, -0.2) is 22.8 Å². The second-order valence-electron chi connectivity index (χ2n) is 4.96. The molecule has 0 aromatic carbocycles. The van der Waals surface area contributed by atoms with Crippen molar-refractivity contribution in [2.45, 2.75) is 18.0 Å². The Bertz CT molecular complexity index is 759. The molecule has 4 rings (SSSR count). The van der Waals surface area contributed by atoms with Gasteiger partial charge in [0.2, 0.25) is 0 Å². The molecule has 0 radical (unpaired) electrons. The first kappa shape index (κ1) is 12.4. The van der Waals surface area contributed by atoms with Gasteiger partial charge in [0.1, 0.15) is 5.65 Å². The van der Waals surface area contributed by atoms with E-state index in [-0.39, 0.29) is 0 Å². The molecule has 102 valence electrons. The molecule has 1 aliphatic heterocycles. The van der Waals surface area contributed by atoms with Crippen LogP contribution in [0.1, 0.15) is 11.3 Å². The molecule has 0 saturated heterocycles. The van der Waals surface area contributed by atoms with Gasteiger partial charge in [-0.1, -0.05) is 0 Å². The molecule has 3 aromatic rings. The Morgan fingerprint density at radius 3 is 3.15 bits per heavy atom. The van der Waals surface area contributed by atoms with E-state index in [0.29, 0.717) is 0 Å². The van der Waals surface area contributed by atoms with Crippen LogP contribution in [0, 0.1) is 0 Å². The van der Waals surface area contributed by atoms with Crippen LogP contribution in [-0.2, 0) is 13.0 Å². The lowest BCUT2D eigenvalue weighted by atomic mass is 10.0. The normalized spacial score (nSPS) is 14.7. The second-order valence-corrected chi connectivity index (χ2v) is 6.56. The number of thiophene rings is 1. The third kappa shape index (κ3) is 1.89. The first-order valence-corrected chi connectivity index (χ1v) is 8.85. The molecule has 3 nitrogen and oxygen atoms in total. The Kier molecular flexibility index (Phi) is 3.06. The average Bonchev–Trinajstić information content (AvgIpc) is 3.13. The lowest BCUT2D eigenvalue weighted by Crippen LogP contribution is -2.22. The van der Waals surface area contributed by atoms with E-state index in [1.54, 1.807) is 23.1 Å². The largest absolute Gasteiger partial charge is 0.343 e. The van der Waals surface area contributed by atoms with Crippen molar-refractivity contribution >= 4 is 34.1 Å². The molecule has 3 aromatic heterocycles. The van der Waals surface area contributed by atoms with E-state index in [4.69, 9.17) is 4.98 Å². The maximum absolute atomic E-state index is 4.75. The van der Waals surface area contributed by atoms with Crippen LogP contribution in [0.3, 0.4) is 0 Å². The number of aromatic amines is 1. The van der Waals surface area contributed by atoms with Gasteiger partial charge in [-0.05, 0) is 45.8 Å². The van der Waals surface area contributed by atoms with Gasteiger partial charge < -0.3 is 10.3 Å². The fraction of sp³-hybridized carbons (Fsp3) is 0.267. The van der Waals surface area contributed by atoms with Gasteiger partial charge >= 0.3 is 0 Å². The molecule has 0 amide bonds. The highest BCUT2D eigenvalue weighted by molar-refractivity contribution is 7.98. The summed E-state index contributed by atoms with van der Waals surface area (Å²) in [6, 6.07) is 4.41. The van der Waals surface area contributed by atoms with E-state index in [1.165, 1.54) is 27.8 Å². The van der Waals surface area contributed by atoms with Crippen LogP contribution in [0.2, 0.25) is 0 Å². The Hall–Kier alpha value is -1.30. The molecular formula is C15H15N3S2. The standard InChI is InChI=1S/C15H15N3S2/c1-19-13-6-10(9-3-5-20-8-9)14-11-7-16-4-2-12(11)17-15(14)18-13/h3,5-6,8,16H,2,4,7H2,1H3,(H,17,18). The fourth-order valence-corrected chi connectivity index (χ4v) is 3.95. The molecule has 5 heteroatoms. The van der Waals surface area contributed by atoms with Crippen LogP contribution < -0.4 is 5.32 Å². The van der Waals surface area contributed by atoms with Crippen molar-refractivity contribution in [3.8, 4) is 11.1 Å². The van der Waals surface area contributed by atoms with Gasteiger partial charge in [0, 0.05) is 30.6 Å². The molecule has 2 N–H and O–H groups in total.